The highest BCUT2D eigenvalue weighted by molar-refractivity contribution is 5.67. The Kier molecular flexibility index (Phi) is 6.73. The molecule has 0 N–H and O–H groups in total. The monoisotopic (exact) mass is 381 g/mol. The molecule has 1 aromatic rings. The first-order chi connectivity index (χ1) is 12.7. The van der Waals surface area contributed by atoms with Crippen LogP contribution >= 0.6 is 0 Å². The molecule has 27 heavy (non-hydrogen) atoms. The van der Waals surface area contributed by atoms with Crippen molar-refractivity contribution in [3.8, 4) is 5.75 Å². The Labute approximate surface area is 156 Å². The third-order valence-corrected chi connectivity index (χ3v) is 4.31. The van der Waals surface area contributed by atoms with E-state index in [9.17, 15) is 19.7 Å². The molecule has 1 aromatic carbocycles. The summed E-state index contributed by atoms with van der Waals surface area (Å²) in [6, 6.07) is 5.43. The molecule has 1 heterocycles. The quantitative estimate of drug-likeness (QED) is 0.420. The first-order valence-electron chi connectivity index (χ1n) is 8.64. The molecular weight excluding hydrogens is 358 g/mol. The fraction of sp³-hybridized carbons (Fsp3) is 0.556. The topological polar surface area (TPSA) is 114 Å². The first kappa shape index (κ1) is 20.6. The van der Waals surface area contributed by atoms with E-state index in [-0.39, 0.29) is 17.7 Å². The van der Waals surface area contributed by atoms with Gasteiger partial charge in [0.1, 0.15) is 11.9 Å². The van der Waals surface area contributed by atoms with E-state index < -0.39 is 35.4 Å². The zero-order valence-electron chi connectivity index (χ0n) is 15.6. The molecule has 0 spiro atoms. The van der Waals surface area contributed by atoms with Crippen molar-refractivity contribution in [1.82, 2.24) is 0 Å². The lowest BCUT2D eigenvalue weighted by molar-refractivity contribution is -0.384. The number of esters is 2. The van der Waals surface area contributed by atoms with Gasteiger partial charge in [-0.3, -0.25) is 19.7 Å². The summed E-state index contributed by atoms with van der Waals surface area (Å²) >= 11 is 0. The second-order valence-electron chi connectivity index (χ2n) is 6.33. The minimum absolute atomic E-state index is 0.0821. The summed E-state index contributed by atoms with van der Waals surface area (Å²) in [4.78, 5) is 33.4. The van der Waals surface area contributed by atoms with Gasteiger partial charge in [0.2, 0.25) is 12.4 Å². The molecule has 1 aliphatic rings. The normalized spacial score (nSPS) is 27.5. The molecule has 9 nitrogen and oxygen atoms in total. The SMILES string of the molecule is CC[C@H]1O[C@H](Oc2ccc([N+](=O)[O-])cc2)[C@@H](OC(C)=O)[C@@H](OC(C)=O)[C@@H]1C. The average molecular weight is 381 g/mol. The molecule has 0 radical (unpaired) electrons. The third kappa shape index (κ3) is 5.16. The number of hydrogen-bond acceptors (Lipinski definition) is 8. The Balaban J connectivity index is 2.29. The largest absolute Gasteiger partial charge is 0.461 e. The number of hydrogen-bond donors (Lipinski definition) is 0. The summed E-state index contributed by atoms with van der Waals surface area (Å²) in [5.74, 6) is -0.997. The van der Waals surface area contributed by atoms with Gasteiger partial charge in [-0.1, -0.05) is 13.8 Å². The number of carbonyl (C=O) groups excluding carboxylic acids is 2. The lowest BCUT2D eigenvalue weighted by Crippen LogP contribution is -2.58. The molecule has 0 saturated carbocycles. The second kappa shape index (κ2) is 8.81. The van der Waals surface area contributed by atoms with Gasteiger partial charge in [0, 0.05) is 31.9 Å². The van der Waals surface area contributed by atoms with Crippen LogP contribution in [-0.2, 0) is 23.8 Å². The van der Waals surface area contributed by atoms with Crippen LogP contribution in [0, 0.1) is 16.0 Å². The molecule has 0 unspecified atom stereocenters. The number of carbonyl (C=O) groups is 2. The van der Waals surface area contributed by atoms with E-state index in [2.05, 4.69) is 0 Å². The Hall–Kier alpha value is -2.68. The van der Waals surface area contributed by atoms with Gasteiger partial charge in [0.25, 0.3) is 5.69 Å². The Bertz CT molecular complexity index is 689. The fourth-order valence-corrected chi connectivity index (χ4v) is 3.06. The summed E-state index contributed by atoms with van der Waals surface area (Å²) in [6.45, 7) is 6.28. The molecule has 5 atom stereocenters. The molecule has 0 aliphatic carbocycles. The number of non-ortho nitro benzene ring substituents is 1. The summed E-state index contributed by atoms with van der Waals surface area (Å²) in [7, 11) is 0. The number of benzene rings is 1. The standard InChI is InChI=1S/C18H23NO8/c1-5-15-10(2)16(24-11(3)20)17(25-12(4)21)18(27-15)26-14-8-6-13(7-9-14)19(22)23/h6-10,15-18H,5H2,1-4H3/t10-,15-,16+,17+,18+/m1/s1. The van der Waals surface area contributed by atoms with Crippen LogP contribution in [0.5, 0.6) is 5.75 Å². The predicted molar refractivity (Wildman–Crippen MR) is 92.9 cm³/mol. The zero-order chi connectivity index (χ0) is 20.1. The van der Waals surface area contributed by atoms with Crippen molar-refractivity contribution in [1.29, 1.82) is 0 Å². The van der Waals surface area contributed by atoms with Crippen LogP contribution in [0.15, 0.2) is 24.3 Å². The molecule has 0 aromatic heterocycles. The summed E-state index contributed by atoms with van der Waals surface area (Å²) in [5.41, 5.74) is -0.0821. The van der Waals surface area contributed by atoms with E-state index in [1.54, 1.807) is 0 Å². The molecule has 1 saturated heterocycles. The lowest BCUT2D eigenvalue weighted by atomic mass is 9.89. The molecule has 0 amide bonds. The molecular formula is C18H23NO8. The van der Waals surface area contributed by atoms with Crippen LogP contribution in [0.25, 0.3) is 0 Å². The van der Waals surface area contributed by atoms with Crippen molar-refractivity contribution in [2.45, 2.75) is 58.7 Å². The van der Waals surface area contributed by atoms with Crippen molar-refractivity contribution >= 4 is 17.6 Å². The van der Waals surface area contributed by atoms with E-state index in [4.69, 9.17) is 18.9 Å². The van der Waals surface area contributed by atoms with Gasteiger partial charge in [0.15, 0.2) is 0 Å². The van der Waals surface area contributed by atoms with Crippen molar-refractivity contribution in [2.75, 3.05) is 0 Å². The van der Waals surface area contributed by atoms with Gasteiger partial charge in [-0.05, 0) is 18.6 Å². The van der Waals surface area contributed by atoms with Crippen molar-refractivity contribution in [2.24, 2.45) is 5.92 Å². The maximum absolute atomic E-state index is 11.6. The molecule has 2 rings (SSSR count). The number of nitrogens with zero attached hydrogens (tertiary/aromatic N) is 1. The van der Waals surface area contributed by atoms with Crippen LogP contribution in [0.1, 0.15) is 34.1 Å². The Morgan fingerprint density at radius 2 is 1.67 bits per heavy atom. The minimum atomic E-state index is -1.03. The smallest absolute Gasteiger partial charge is 0.303 e. The molecule has 148 valence electrons. The maximum atomic E-state index is 11.6. The van der Waals surface area contributed by atoms with Crippen molar-refractivity contribution < 1.29 is 33.5 Å². The first-order valence-corrected chi connectivity index (χ1v) is 8.64. The van der Waals surface area contributed by atoms with E-state index in [0.717, 1.165) is 0 Å². The van der Waals surface area contributed by atoms with E-state index >= 15 is 0 Å². The van der Waals surface area contributed by atoms with Crippen LogP contribution in [-0.4, -0.2) is 41.5 Å². The maximum Gasteiger partial charge on any atom is 0.303 e. The van der Waals surface area contributed by atoms with Gasteiger partial charge in [0.05, 0.1) is 11.0 Å². The van der Waals surface area contributed by atoms with Crippen LogP contribution in [0.3, 0.4) is 0 Å². The number of nitro groups is 1. The fourth-order valence-electron chi connectivity index (χ4n) is 3.06. The van der Waals surface area contributed by atoms with E-state index in [1.807, 2.05) is 13.8 Å². The predicted octanol–water partition coefficient (Wildman–Crippen LogP) is 2.61. The van der Waals surface area contributed by atoms with Crippen LogP contribution in [0.2, 0.25) is 0 Å². The summed E-state index contributed by atoms with van der Waals surface area (Å²) in [6.07, 6.45) is -2.40. The molecule has 0 bridgehead atoms. The van der Waals surface area contributed by atoms with Crippen molar-refractivity contribution in [3.63, 3.8) is 0 Å². The number of ether oxygens (including phenoxy) is 4. The number of nitro benzene ring substituents is 1. The van der Waals surface area contributed by atoms with Gasteiger partial charge >= 0.3 is 11.9 Å². The third-order valence-electron chi connectivity index (χ3n) is 4.31. The highest BCUT2D eigenvalue weighted by Crippen LogP contribution is 2.33. The van der Waals surface area contributed by atoms with E-state index in [0.29, 0.717) is 12.2 Å². The summed E-state index contributed by atoms with van der Waals surface area (Å²) in [5, 5.41) is 10.8. The van der Waals surface area contributed by atoms with Gasteiger partial charge in [-0.15, -0.1) is 0 Å². The zero-order valence-corrected chi connectivity index (χ0v) is 15.6. The van der Waals surface area contributed by atoms with E-state index in [1.165, 1.54) is 38.1 Å². The lowest BCUT2D eigenvalue weighted by Gasteiger charge is -2.43. The highest BCUT2D eigenvalue weighted by Gasteiger charge is 2.48. The number of rotatable bonds is 6. The minimum Gasteiger partial charge on any atom is -0.461 e. The average Bonchev–Trinajstić information content (AvgIpc) is 2.60. The summed E-state index contributed by atoms with van der Waals surface area (Å²) < 4.78 is 22.5. The highest BCUT2D eigenvalue weighted by atomic mass is 16.7. The van der Waals surface area contributed by atoms with Gasteiger partial charge in [-0.25, -0.2) is 0 Å². The van der Waals surface area contributed by atoms with Crippen LogP contribution < -0.4 is 4.74 Å². The second-order valence-corrected chi connectivity index (χ2v) is 6.33. The van der Waals surface area contributed by atoms with Gasteiger partial charge in [-0.2, -0.15) is 0 Å². The Morgan fingerprint density at radius 1 is 1.11 bits per heavy atom. The molecule has 1 aliphatic heterocycles. The molecule has 9 heteroatoms. The van der Waals surface area contributed by atoms with Gasteiger partial charge < -0.3 is 18.9 Å². The van der Waals surface area contributed by atoms with Crippen LogP contribution in [0.4, 0.5) is 5.69 Å². The van der Waals surface area contributed by atoms with Crippen molar-refractivity contribution in [3.05, 3.63) is 34.4 Å². The Morgan fingerprint density at radius 3 is 2.15 bits per heavy atom. The molecule has 1 fully saturated rings.